The van der Waals surface area contributed by atoms with Crippen LogP contribution in [0.4, 0.5) is 5.69 Å². The molecular formula is C15H21N3O4S. The van der Waals surface area contributed by atoms with Gasteiger partial charge in [0.15, 0.2) is 0 Å². The molecule has 0 aliphatic carbocycles. The van der Waals surface area contributed by atoms with E-state index in [2.05, 4.69) is 10.3 Å². The van der Waals surface area contributed by atoms with E-state index in [1.54, 1.807) is 24.5 Å². The Kier molecular flexibility index (Phi) is 8.59. The van der Waals surface area contributed by atoms with E-state index in [1.807, 2.05) is 0 Å². The first-order valence-corrected chi connectivity index (χ1v) is 8.80. The maximum absolute atomic E-state index is 11.1. The van der Waals surface area contributed by atoms with E-state index < -0.39 is 10.8 Å². The van der Waals surface area contributed by atoms with Gasteiger partial charge in [-0.3, -0.25) is 9.20 Å². The number of carbonyl (C=O) groups excluding carboxylic acids is 2. The summed E-state index contributed by atoms with van der Waals surface area (Å²) in [4.78, 5) is 25.0. The summed E-state index contributed by atoms with van der Waals surface area (Å²) in [7, 11) is -0.869. The van der Waals surface area contributed by atoms with Crippen LogP contribution >= 0.6 is 0 Å². The molecule has 1 atom stereocenters. The van der Waals surface area contributed by atoms with Gasteiger partial charge in [-0.25, -0.2) is 0 Å². The fourth-order valence-electron chi connectivity index (χ4n) is 1.87. The van der Waals surface area contributed by atoms with Crippen molar-refractivity contribution in [3.8, 4) is 5.75 Å². The zero-order valence-corrected chi connectivity index (χ0v) is 13.8. The number of benzene rings is 1. The van der Waals surface area contributed by atoms with E-state index in [0.29, 0.717) is 42.1 Å². The normalized spacial score (nSPS) is 12.5. The molecule has 1 aromatic rings. The lowest BCUT2D eigenvalue weighted by molar-refractivity contribution is -0.107. The first-order chi connectivity index (χ1) is 11.1. The Bertz CT molecular complexity index is 590. The van der Waals surface area contributed by atoms with Gasteiger partial charge in [-0.15, -0.1) is 0 Å². The fourth-order valence-corrected chi connectivity index (χ4v) is 2.40. The van der Waals surface area contributed by atoms with Gasteiger partial charge in [0, 0.05) is 28.5 Å². The van der Waals surface area contributed by atoms with Crippen LogP contribution in [0.5, 0.6) is 5.75 Å². The van der Waals surface area contributed by atoms with Crippen LogP contribution in [0.15, 0.2) is 23.2 Å². The number of ether oxygens (including phenoxy) is 1. The van der Waals surface area contributed by atoms with Gasteiger partial charge in [0.2, 0.25) is 0 Å². The van der Waals surface area contributed by atoms with Crippen molar-refractivity contribution < 1.29 is 18.5 Å². The summed E-state index contributed by atoms with van der Waals surface area (Å²) >= 11 is 0. The van der Waals surface area contributed by atoms with Crippen LogP contribution in [0, 0.1) is 0 Å². The quantitative estimate of drug-likeness (QED) is 0.260. The molecule has 0 radical (unpaired) electrons. The molecular weight excluding hydrogens is 318 g/mol. The largest absolute Gasteiger partial charge is 0.493 e. The number of aliphatic imine (C=N–C) groups is 1. The fraction of sp³-hybridized carbons (Fsp3) is 0.400. The Hall–Kier alpha value is -2.22. The minimum Gasteiger partial charge on any atom is -0.493 e. The average Bonchev–Trinajstić information content (AvgIpc) is 2.54. The van der Waals surface area contributed by atoms with Gasteiger partial charge < -0.3 is 25.4 Å². The van der Waals surface area contributed by atoms with Gasteiger partial charge in [-0.2, -0.15) is 0 Å². The summed E-state index contributed by atoms with van der Waals surface area (Å²) in [5.74, 6) is 1.20. The van der Waals surface area contributed by atoms with Crippen molar-refractivity contribution in [1.82, 2.24) is 0 Å². The number of nitrogens with two attached hydrogens (primary N) is 1. The van der Waals surface area contributed by atoms with E-state index in [0.717, 1.165) is 6.29 Å². The number of aldehydes is 2. The van der Waals surface area contributed by atoms with Crippen molar-refractivity contribution in [1.29, 1.82) is 0 Å². The Balaban J connectivity index is 2.99. The molecule has 0 saturated heterocycles. The Morgan fingerprint density at radius 3 is 2.83 bits per heavy atom. The third-order valence-electron chi connectivity index (χ3n) is 2.83. The van der Waals surface area contributed by atoms with Crippen LogP contribution in [0.25, 0.3) is 0 Å². The first-order valence-electron chi connectivity index (χ1n) is 7.07. The third-order valence-corrected chi connectivity index (χ3v) is 3.69. The SMILES string of the molecule is CS(=O)CCCOc1cccc(NCC=O)c1C(N)=NCC=O. The second-order valence-electron chi connectivity index (χ2n) is 4.60. The zero-order valence-electron chi connectivity index (χ0n) is 13.0. The molecule has 0 heterocycles. The highest BCUT2D eigenvalue weighted by molar-refractivity contribution is 7.84. The molecule has 0 aromatic heterocycles. The molecule has 0 fully saturated rings. The van der Waals surface area contributed by atoms with E-state index >= 15 is 0 Å². The molecule has 1 aromatic carbocycles. The number of carbonyl (C=O) groups is 2. The second kappa shape index (κ2) is 10.5. The van der Waals surface area contributed by atoms with Crippen LogP contribution in [0.2, 0.25) is 0 Å². The van der Waals surface area contributed by atoms with Gasteiger partial charge in [-0.05, 0) is 18.6 Å². The van der Waals surface area contributed by atoms with Gasteiger partial charge in [0.25, 0.3) is 0 Å². The van der Waals surface area contributed by atoms with Crippen LogP contribution in [-0.2, 0) is 20.4 Å². The van der Waals surface area contributed by atoms with Crippen molar-refractivity contribution in [2.24, 2.45) is 10.7 Å². The van der Waals surface area contributed by atoms with Gasteiger partial charge >= 0.3 is 0 Å². The van der Waals surface area contributed by atoms with E-state index in [-0.39, 0.29) is 18.9 Å². The lowest BCUT2D eigenvalue weighted by Gasteiger charge is -2.15. The highest BCUT2D eigenvalue weighted by Crippen LogP contribution is 2.26. The molecule has 126 valence electrons. The van der Waals surface area contributed by atoms with Crippen LogP contribution in [-0.4, -0.2) is 54.3 Å². The Morgan fingerprint density at radius 1 is 1.39 bits per heavy atom. The van der Waals surface area contributed by atoms with Crippen molar-refractivity contribution in [2.45, 2.75) is 6.42 Å². The molecule has 0 saturated carbocycles. The standard InChI is InChI=1S/C15H21N3O4S/c1-23(21)11-3-10-22-13-5-2-4-12(17-6-8-19)14(13)15(16)18-7-9-20/h2,4-5,8-9,17H,3,6-7,10-11H2,1H3,(H2,16,18). The van der Waals surface area contributed by atoms with Crippen molar-refractivity contribution in [3.05, 3.63) is 23.8 Å². The number of amidine groups is 1. The predicted octanol–water partition coefficient (Wildman–Crippen LogP) is 0.349. The second-order valence-corrected chi connectivity index (χ2v) is 6.15. The number of rotatable bonds is 11. The molecule has 1 unspecified atom stereocenters. The number of nitrogens with zero attached hydrogens (tertiary/aromatic N) is 1. The zero-order chi connectivity index (χ0) is 17.1. The number of hydrogen-bond acceptors (Lipinski definition) is 6. The molecule has 0 aliphatic rings. The topological polar surface area (TPSA) is 111 Å². The highest BCUT2D eigenvalue weighted by atomic mass is 32.2. The molecule has 0 amide bonds. The van der Waals surface area contributed by atoms with E-state index in [9.17, 15) is 13.8 Å². The smallest absolute Gasteiger partial charge is 0.141 e. The molecule has 0 spiro atoms. The van der Waals surface area contributed by atoms with Gasteiger partial charge in [-0.1, -0.05) is 6.07 Å². The molecule has 23 heavy (non-hydrogen) atoms. The minimum absolute atomic E-state index is 0.0535. The minimum atomic E-state index is -0.869. The number of hydrogen-bond donors (Lipinski definition) is 2. The van der Waals surface area contributed by atoms with E-state index in [1.165, 1.54) is 0 Å². The van der Waals surface area contributed by atoms with Crippen molar-refractivity contribution in [3.63, 3.8) is 0 Å². The van der Waals surface area contributed by atoms with E-state index in [4.69, 9.17) is 10.5 Å². The maximum Gasteiger partial charge on any atom is 0.141 e. The van der Waals surface area contributed by atoms with Crippen LogP contribution in [0.1, 0.15) is 12.0 Å². The highest BCUT2D eigenvalue weighted by Gasteiger charge is 2.13. The first kappa shape index (κ1) is 18.8. The lowest BCUT2D eigenvalue weighted by Crippen LogP contribution is -2.19. The third kappa shape index (κ3) is 6.60. The van der Waals surface area contributed by atoms with Crippen LogP contribution in [0.3, 0.4) is 0 Å². The number of nitrogens with one attached hydrogen (secondary N) is 1. The molecule has 3 N–H and O–H groups in total. The molecule has 1 rings (SSSR count). The summed E-state index contributed by atoms with van der Waals surface area (Å²) in [6.45, 7) is 0.443. The predicted molar refractivity (Wildman–Crippen MR) is 91.7 cm³/mol. The summed E-state index contributed by atoms with van der Waals surface area (Å²) in [5.41, 5.74) is 7.05. The molecule has 8 heteroatoms. The Labute approximate surface area is 137 Å². The summed E-state index contributed by atoms with van der Waals surface area (Å²) in [6.07, 6.45) is 3.65. The van der Waals surface area contributed by atoms with Gasteiger partial charge in [0.1, 0.15) is 24.2 Å². The number of anilines is 1. The monoisotopic (exact) mass is 339 g/mol. The summed E-state index contributed by atoms with van der Waals surface area (Å²) < 4.78 is 16.8. The molecule has 0 aliphatic heterocycles. The molecule has 0 bridgehead atoms. The van der Waals surface area contributed by atoms with Crippen molar-refractivity contribution in [2.75, 3.05) is 37.0 Å². The summed E-state index contributed by atoms with van der Waals surface area (Å²) in [5, 5.41) is 2.92. The lowest BCUT2D eigenvalue weighted by atomic mass is 10.1. The Morgan fingerprint density at radius 2 is 2.17 bits per heavy atom. The molecule has 7 nitrogen and oxygen atoms in total. The van der Waals surface area contributed by atoms with Gasteiger partial charge in [0.05, 0.1) is 25.3 Å². The average molecular weight is 339 g/mol. The van der Waals surface area contributed by atoms with Crippen molar-refractivity contribution >= 4 is 34.9 Å². The maximum atomic E-state index is 11.1. The van der Waals surface area contributed by atoms with Crippen LogP contribution < -0.4 is 15.8 Å². The summed E-state index contributed by atoms with van der Waals surface area (Å²) in [6, 6.07) is 5.24.